The number of anilines is 3. The van der Waals surface area contributed by atoms with Crippen molar-refractivity contribution in [3.8, 4) is 0 Å². The number of hydrogen-bond acceptors (Lipinski definition) is 7. The number of amides is 3. The van der Waals surface area contributed by atoms with E-state index < -0.39 is 5.91 Å². The minimum atomic E-state index is -0.521. The standard InChI is InChI=1S/C16H17N5O4S/c1-3-4-13(23)19-10-5-6-11(12(7-10)18-9(2)22)15(24)20-16-17-8-14(21-25)26-16/h5-8H,3-4H2,1-2H3,(H,18,22)(H,19,23)(H,17,20,24). The molecule has 26 heavy (non-hydrogen) atoms. The molecule has 2 rings (SSSR count). The lowest BCUT2D eigenvalue weighted by Crippen LogP contribution is -2.17. The molecule has 136 valence electrons. The highest BCUT2D eigenvalue weighted by Gasteiger charge is 2.16. The molecule has 3 amide bonds. The Morgan fingerprint density at radius 2 is 1.96 bits per heavy atom. The summed E-state index contributed by atoms with van der Waals surface area (Å²) in [5.74, 6) is -1.04. The highest BCUT2D eigenvalue weighted by atomic mass is 32.1. The average Bonchev–Trinajstić information content (AvgIpc) is 3.02. The van der Waals surface area contributed by atoms with Crippen LogP contribution in [0, 0.1) is 4.91 Å². The van der Waals surface area contributed by atoms with Crippen LogP contribution in [0.2, 0.25) is 0 Å². The van der Waals surface area contributed by atoms with Gasteiger partial charge in [0.05, 0.1) is 17.4 Å². The molecule has 10 heteroatoms. The van der Waals surface area contributed by atoms with Crippen LogP contribution < -0.4 is 16.0 Å². The number of nitroso groups, excluding NO2 is 1. The van der Waals surface area contributed by atoms with E-state index in [2.05, 4.69) is 26.1 Å². The second-order valence-corrected chi connectivity index (χ2v) is 6.30. The zero-order valence-electron chi connectivity index (χ0n) is 14.2. The fourth-order valence-electron chi connectivity index (χ4n) is 2.09. The van der Waals surface area contributed by atoms with Gasteiger partial charge in [0.25, 0.3) is 5.91 Å². The van der Waals surface area contributed by atoms with E-state index in [9.17, 15) is 19.3 Å². The first kappa shape index (κ1) is 19.2. The first-order valence-electron chi connectivity index (χ1n) is 7.75. The summed E-state index contributed by atoms with van der Waals surface area (Å²) in [7, 11) is 0. The van der Waals surface area contributed by atoms with Gasteiger partial charge in [0, 0.05) is 19.0 Å². The lowest BCUT2D eigenvalue weighted by molar-refractivity contribution is -0.116. The number of thiazole rings is 1. The van der Waals surface area contributed by atoms with Crippen molar-refractivity contribution in [2.24, 2.45) is 5.18 Å². The fraction of sp³-hybridized carbons (Fsp3) is 0.250. The second kappa shape index (κ2) is 8.81. The van der Waals surface area contributed by atoms with Crippen LogP contribution in [-0.2, 0) is 9.59 Å². The van der Waals surface area contributed by atoms with E-state index in [4.69, 9.17) is 0 Å². The minimum Gasteiger partial charge on any atom is -0.326 e. The van der Waals surface area contributed by atoms with E-state index >= 15 is 0 Å². The van der Waals surface area contributed by atoms with Gasteiger partial charge >= 0.3 is 0 Å². The lowest BCUT2D eigenvalue weighted by atomic mass is 10.1. The topological polar surface area (TPSA) is 130 Å². The molecule has 0 bridgehead atoms. The molecule has 2 aromatic rings. The molecular weight excluding hydrogens is 358 g/mol. The van der Waals surface area contributed by atoms with Crippen molar-refractivity contribution in [2.45, 2.75) is 26.7 Å². The molecule has 0 saturated carbocycles. The number of benzene rings is 1. The fourth-order valence-corrected chi connectivity index (χ4v) is 2.68. The van der Waals surface area contributed by atoms with Gasteiger partial charge in [-0.15, -0.1) is 4.91 Å². The Hall–Kier alpha value is -3.14. The molecule has 0 radical (unpaired) electrons. The molecule has 0 unspecified atom stereocenters. The van der Waals surface area contributed by atoms with Crippen LogP contribution in [0.15, 0.2) is 29.6 Å². The summed E-state index contributed by atoms with van der Waals surface area (Å²) < 4.78 is 0. The number of nitrogens with zero attached hydrogens (tertiary/aromatic N) is 2. The van der Waals surface area contributed by atoms with Crippen LogP contribution in [0.1, 0.15) is 37.0 Å². The molecule has 0 saturated heterocycles. The Morgan fingerprint density at radius 3 is 2.58 bits per heavy atom. The van der Waals surface area contributed by atoms with Crippen molar-refractivity contribution in [3.63, 3.8) is 0 Å². The number of rotatable bonds is 7. The Bertz CT molecular complexity index is 849. The van der Waals surface area contributed by atoms with Crippen LogP contribution in [-0.4, -0.2) is 22.7 Å². The molecular formula is C16H17N5O4S. The van der Waals surface area contributed by atoms with Crippen LogP contribution in [0.25, 0.3) is 0 Å². The van der Waals surface area contributed by atoms with Crippen molar-refractivity contribution in [1.82, 2.24) is 4.98 Å². The second-order valence-electron chi connectivity index (χ2n) is 5.29. The SMILES string of the molecule is CCCC(=O)Nc1ccc(C(=O)Nc2ncc(N=O)s2)c(NC(C)=O)c1. The summed E-state index contributed by atoms with van der Waals surface area (Å²) in [4.78, 5) is 49.9. The van der Waals surface area contributed by atoms with Gasteiger partial charge in [-0.2, -0.15) is 0 Å². The van der Waals surface area contributed by atoms with Gasteiger partial charge in [-0.1, -0.05) is 18.3 Å². The van der Waals surface area contributed by atoms with E-state index in [0.29, 0.717) is 18.5 Å². The van der Waals surface area contributed by atoms with Gasteiger partial charge in [0.15, 0.2) is 10.1 Å². The predicted octanol–water partition coefficient (Wildman–Crippen LogP) is 3.49. The van der Waals surface area contributed by atoms with Gasteiger partial charge in [0.1, 0.15) is 0 Å². The highest BCUT2D eigenvalue weighted by Crippen LogP contribution is 2.27. The molecule has 0 aliphatic heterocycles. The van der Waals surface area contributed by atoms with Crippen LogP contribution in [0.4, 0.5) is 21.5 Å². The smallest absolute Gasteiger partial charge is 0.259 e. The summed E-state index contributed by atoms with van der Waals surface area (Å²) in [6.45, 7) is 3.20. The maximum absolute atomic E-state index is 12.5. The molecule has 0 spiro atoms. The van der Waals surface area contributed by atoms with E-state index in [1.807, 2.05) is 6.92 Å². The number of nitrogens with one attached hydrogen (secondary N) is 3. The zero-order chi connectivity index (χ0) is 19.1. The van der Waals surface area contributed by atoms with E-state index in [1.165, 1.54) is 25.3 Å². The molecule has 1 heterocycles. The number of hydrogen-bond donors (Lipinski definition) is 3. The van der Waals surface area contributed by atoms with Gasteiger partial charge in [0.2, 0.25) is 11.8 Å². The van der Waals surface area contributed by atoms with Gasteiger partial charge < -0.3 is 10.6 Å². The highest BCUT2D eigenvalue weighted by molar-refractivity contribution is 7.19. The molecule has 0 aliphatic rings. The number of carbonyl (C=O) groups is 3. The minimum absolute atomic E-state index is 0.136. The van der Waals surface area contributed by atoms with E-state index in [0.717, 1.165) is 11.3 Å². The molecule has 9 nitrogen and oxygen atoms in total. The van der Waals surface area contributed by atoms with E-state index in [-0.39, 0.29) is 33.2 Å². The van der Waals surface area contributed by atoms with Crippen LogP contribution >= 0.6 is 11.3 Å². The lowest BCUT2D eigenvalue weighted by Gasteiger charge is -2.12. The molecule has 0 fully saturated rings. The molecule has 1 aromatic heterocycles. The summed E-state index contributed by atoms with van der Waals surface area (Å²) >= 11 is 0.926. The Balaban J connectivity index is 2.24. The third kappa shape index (κ3) is 5.18. The normalized spacial score (nSPS) is 10.1. The zero-order valence-corrected chi connectivity index (χ0v) is 15.0. The van der Waals surface area contributed by atoms with Gasteiger partial charge in [-0.25, -0.2) is 4.98 Å². The molecule has 3 N–H and O–H groups in total. The number of carbonyl (C=O) groups excluding carboxylic acids is 3. The maximum Gasteiger partial charge on any atom is 0.259 e. The largest absolute Gasteiger partial charge is 0.326 e. The summed E-state index contributed by atoms with van der Waals surface area (Å²) in [5.41, 5.74) is 0.893. The third-order valence-corrected chi connectivity index (χ3v) is 3.93. The van der Waals surface area contributed by atoms with Crippen LogP contribution in [0.5, 0.6) is 0 Å². The van der Waals surface area contributed by atoms with E-state index in [1.54, 1.807) is 6.07 Å². The summed E-state index contributed by atoms with van der Waals surface area (Å²) in [6.07, 6.45) is 2.32. The number of aromatic nitrogens is 1. The van der Waals surface area contributed by atoms with Crippen LogP contribution in [0.3, 0.4) is 0 Å². The van der Waals surface area contributed by atoms with Gasteiger partial charge in [-0.3, -0.25) is 19.7 Å². The first-order valence-corrected chi connectivity index (χ1v) is 8.56. The summed E-state index contributed by atoms with van der Waals surface area (Å²) in [6, 6.07) is 4.55. The monoisotopic (exact) mass is 375 g/mol. The maximum atomic E-state index is 12.5. The first-order chi connectivity index (χ1) is 12.4. The van der Waals surface area contributed by atoms with Crippen molar-refractivity contribution in [2.75, 3.05) is 16.0 Å². The Morgan fingerprint density at radius 1 is 1.19 bits per heavy atom. The Labute approximate surface area is 153 Å². The molecule has 0 atom stereocenters. The van der Waals surface area contributed by atoms with Gasteiger partial charge in [-0.05, 0) is 29.8 Å². The average molecular weight is 375 g/mol. The van der Waals surface area contributed by atoms with Crippen molar-refractivity contribution >= 4 is 50.6 Å². The molecule has 1 aromatic carbocycles. The van der Waals surface area contributed by atoms with Crippen molar-refractivity contribution in [3.05, 3.63) is 34.9 Å². The predicted molar refractivity (Wildman–Crippen MR) is 99.8 cm³/mol. The summed E-state index contributed by atoms with van der Waals surface area (Å²) in [5, 5.41) is 10.9. The quantitative estimate of drug-likeness (QED) is 0.638. The third-order valence-electron chi connectivity index (χ3n) is 3.14. The van der Waals surface area contributed by atoms with Crippen molar-refractivity contribution in [1.29, 1.82) is 0 Å². The van der Waals surface area contributed by atoms with Crippen molar-refractivity contribution < 1.29 is 14.4 Å². The Kier molecular flexibility index (Phi) is 6.50. The molecule has 0 aliphatic carbocycles.